The number of ether oxygens (including phenoxy) is 1. The number of aromatic nitrogens is 2. The van der Waals surface area contributed by atoms with Crippen molar-refractivity contribution < 1.29 is 27.5 Å². The molecule has 0 aliphatic heterocycles. The maximum atomic E-state index is 13.6. The molecule has 10 heteroatoms. The van der Waals surface area contributed by atoms with Crippen molar-refractivity contribution >= 4 is 11.9 Å². The Morgan fingerprint density at radius 2 is 1.77 bits per heavy atom. The summed E-state index contributed by atoms with van der Waals surface area (Å²) in [5.74, 6) is -1.43. The van der Waals surface area contributed by atoms with Gasteiger partial charge in [0.1, 0.15) is 5.56 Å². The zero-order chi connectivity index (χ0) is 23.4. The molecule has 0 fully saturated rings. The van der Waals surface area contributed by atoms with Crippen LogP contribution in [0.4, 0.5) is 13.2 Å². The Labute approximate surface area is 179 Å². The molecule has 1 amide bonds. The lowest BCUT2D eigenvalue weighted by Crippen LogP contribution is -2.39. The van der Waals surface area contributed by atoms with E-state index in [9.17, 15) is 22.8 Å². The van der Waals surface area contributed by atoms with Crippen molar-refractivity contribution in [1.29, 1.82) is 0 Å². The zero-order valence-electron chi connectivity index (χ0n) is 18.2. The van der Waals surface area contributed by atoms with Gasteiger partial charge in [-0.25, -0.2) is 9.48 Å². The highest BCUT2D eigenvalue weighted by Crippen LogP contribution is 2.34. The van der Waals surface area contributed by atoms with E-state index < -0.39 is 23.4 Å². The third kappa shape index (κ3) is 6.30. The van der Waals surface area contributed by atoms with Crippen LogP contribution in [0.3, 0.4) is 0 Å². The minimum atomic E-state index is -4.83. The average molecular weight is 440 g/mol. The minimum absolute atomic E-state index is 0.0591. The number of alkyl halides is 3. The van der Waals surface area contributed by atoms with Gasteiger partial charge < -0.3 is 15.0 Å². The zero-order valence-corrected chi connectivity index (χ0v) is 18.2. The summed E-state index contributed by atoms with van der Waals surface area (Å²) < 4.78 is 46.1. The second-order valence-corrected chi connectivity index (χ2v) is 8.17. The second kappa shape index (κ2) is 9.51. The number of amides is 1. The molecule has 0 aliphatic carbocycles. The van der Waals surface area contributed by atoms with Gasteiger partial charge in [0.15, 0.2) is 5.69 Å². The molecule has 0 saturated heterocycles. The second-order valence-electron chi connectivity index (χ2n) is 8.17. The number of benzene rings is 1. The van der Waals surface area contributed by atoms with Crippen LogP contribution in [-0.4, -0.2) is 60.3 Å². The van der Waals surface area contributed by atoms with Gasteiger partial charge in [-0.2, -0.15) is 18.3 Å². The van der Waals surface area contributed by atoms with Gasteiger partial charge in [-0.05, 0) is 50.7 Å². The number of carbonyl (C=O) groups is 2. The van der Waals surface area contributed by atoms with E-state index in [4.69, 9.17) is 4.74 Å². The summed E-state index contributed by atoms with van der Waals surface area (Å²) in [7, 11) is 3.89. The highest BCUT2D eigenvalue weighted by molar-refractivity contribution is 5.94. The van der Waals surface area contributed by atoms with Gasteiger partial charge in [0.25, 0.3) is 5.91 Å². The number of carbonyl (C=O) groups excluding carboxylic acids is 2. The first-order valence-corrected chi connectivity index (χ1v) is 9.71. The van der Waals surface area contributed by atoms with E-state index in [0.29, 0.717) is 16.8 Å². The molecule has 7 nitrogen and oxygen atoms in total. The van der Waals surface area contributed by atoms with Crippen molar-refractivity contribution in [2.75, 3.05) is 33.8 Å². The average Bonchev–Trinajstić information content (AvgIpc) is 3.11. The third-order valence-corrected chi connectivity index (χ3v) is 4.38. The monoisotopic (exact) mass is 440 g/mol. The lowest BCUT2D eigenvalue weighted by molar-refractivity contribution is -0.143. The van der Waals surface area contributed by atoms with Crippen molar-refractivity contribution in [3.63, 3.8) is 0 Å². The Morgan fingerprint density at radius 3 is 2.29 bits per heavy atom. The molecule has 31 heavy (non-hydrogen) atoms. The van der Waals surface area contributed by atoms with Gasteiger partial charge >= 0.3 is 12.1 Å². The highest BCUT2D eigenvalue weighted by Gasteiger charge is 2.41. The SMILES string of the molecule is CCOC(=O)c1cnn(-c2ccc(C(=O)NCC(C)(C)CN(C)C)cc2)c1C(F)(F)F. The van der Waals surface area contributed by atoms with Gasteiger partial charge in [0, 0.05) is 18.7 Å². The number of hydrogen-bond donors (Lipinski definition) is 1. The summed E-state index contributed by atoms with van der Waals surface area (Å²) in [6, 6.07) is 5.51. The van der Waals surface area contributed by atoms with Gasteiger partial charge in [-0.15, -0.1) is 0 Å². The molecule has 0 bridgehead atoms. The van der Waals surface area contributed by atoms with Crippen LogP contribution in [0.15, 0.2) is 30.5 Å². The number of nitrogens with zero attached hydrogens (tertiary/aromatic N) is 3. The van der Waals surface area contributed by atoms with E-state index in [2.05, 4.69) is 10.4 Å². The summed E-state index contributed by atoms with van der Waals surface area (Å²) in [5.41, 5.74) is -1.69. The Bertz CT molecular complexity index is 919. The smallest absolute Gasteiger partial charge is 0.434 e. The van der Waals surface area contributed by atoms with E-state index >= 15 is 0 Å². The first-order chi connectivity index (χ1) is 14.4. The molecule has 0 radical (unpaired) electrons. The summed E-state index contributed by atoms with van der Waals surface area (Å²) in [5, 5.41) is 6.56. The molecular formula is C21H27F3N4O3. The molecule has 1 N–H and O–H groups in total. The topological polar surface area (TPSA) is 76.5 Å². The predicted molar refractivity (Wildman–Crippen MR) is 109 cm³/mol. The quantitative estimate of drug-likeness (QED) is 0.637. The van der Waals surface area contributed by atoms with Crippen molar-refractivity contribution in [3.05, 3.63) is 47.3 Å². The molecule has 0 aliphatic rings. The normalized spacial score (nSPS) is 12.2. The number of hydrogen-bond acceptors (Lipinski definition) is 5. The van der Waals surface area contributed by atoms with Gasteiger partial charge in [-0.1, -0.05) is 13.8 Å². The van der Waals surface area contributed by atoms with Crippen molar-refractivity contribution in [2.45, 2.75) is 26.9 Å². The molecular weight excluding hydrogens is 413 g/mol. The highest BCUT2D eigenvalue weighted by atomic mass is 19.4. The molecule has 170 valence electrons. The summed E-state index contributed by atoms with van der Waals surface area (Å²) in [6.45, 7) is 6.69. The van der Waals surface area contributed by atoms with Gasteiger partial charge in [0.2, 0.25) is 0 Å². The van der Waals surface area contributed by atoms with Crippen LogP contribution in [0.25, 0.3) is 5.69 Å². The summed E-state index contributed by atoms with van der Waals surface area (Å²) in [6.07, 6.45) is -4.00. The van der Waals surface area contributed by atoms with Crippen LogP contribution in [0.5, 0.6) is 0 Å². The summed E-state index contributed by atoms with van der Waals surface area (Å²) in [4.78, 5) is 26.3. The molecule has 1 heterocycles. The predicted octanol–water partition coefficient (Wildman–Crippen LogP) is 3.39. The number of nitrogens with one attached hydrogen (secondary N) is 1. The fraction of sp³-hybridized carbons (Fsp3) is 0.476. The fourth-order valence-electron chi connectivity index (χ4n) is 3.26. The molecule has 1 aromatic heterocycles. The number of halogens is 3. The number of esters is 1. The van der Waals surface area contributed by atoms with Gasteiger partial charge in [-0.3, -0.25) is 4.79 Å². The molecule has 2 aromatic rings. The first kappa shape index (κ1) is 24.4. The van der Waals surface area contributed by atoms with Crippen LogP contribution in [0.2, 0.25) is 0 Å². The maximum Gasteiger partial charge on any atom is 0.434 e. The van der Waals surface area contributed by atoms with E-state index in [-0.39, 0.29) is 23.6 Å². The van der Waals surface area contributed by atoms with Crippen molar-refractivity contribution in [2.24, 2.45) is 5.41 Å². The first-order valence-electron chi connectivity index (χ1n) is 9.71. The van der Waals surface area contributed by atoms with E-state index in [1.807, 2.05) is 32.8 Å². The Kier molecular flexibility index (Phi) is 7.48. The number of rotatable bonds is 8. The minimum Gasteiger partial charge on any atom is -0.462 e. The largest absolute Gasteiger partial charge is 0.462 e. The molecule has 0 saturated carbocycles. The van der Waals surface area contributed by atoms with E-state index in [1.54, 1.807) is 0 Å². The lowest BCUT2D eigenvalue weighted by atomic mass is 9.93. The molecule has 0 spiro atoms. The Morgan fingerprint density at radius 1 is 1.16 bits per heavy atom. The van der Waals surface area contributed by atoms with E-state index in [1.165, 1.54) is 31.2 Å². The van der Waals surface area contributed by atoms with Crippen molar-refractivity contribution in [3.8, 4) is 5.69 Å². The van der Waals surface area contributed by atoms with Crippen LogP contribution >= 0.6 is 0 Å². The van der Waals surface area contributed by atoms with Crippen LogP contribution in [0, 0.1) is 5.41 Å². The van der Waals surface area contributed by atoms with E-state index in [0.717, 1.165) is 12.7 Å². The Balaban J connectivity index is 2.24. The molecule has 0 atom stereocenters. The standard InChI is InChI=1S/C21H27F3N4O3/c1-6-31-19(30)16-11-26-28(17(16)21(22,23)24)15-9-7-14(8-10-15)18(29)25-12-20(2,3)13-27(4)5/h7-11H,6,12-13H2,1-5H3,(H,25,29). The summed E-state index contributed by atoms with van der Waals surface area (Å²) >= 11 is 0. The molecule has 0 unspecified atom stereocenters. The van der Waals surface area contributed by atoms with Crippen molar-refractivity contribution in [1.82, 2.24) is 20.0 Å². The van der Waals surface area contributed by atoms with Gasteiger partial charge in [0.05, 0.1) is 18.5 Å². The van der Waals surface area contributed by atoms with Crippen LogP contribution in [-0.2, 0) is 10.9 Å². The molecule has 2 rings (SSSR count). The Hall–Kier alpha value is -2.88. The third-order valence-electron chi connectivity index (χ3n) is 4.38. The maximum absolute atomic E-state index is 13.6. The van der Waals surface area contributed by atoms with Crippen LogP contribution < -0.4 is 5.32 Å². The molecule has 1 aromatic carbocycles. The van der Waals surface area contributed by atoms with Crippen LogP contribution in [0.1, 0.15) is 47.2 Å². The lowest BCUT2D eigenvalue weighted by Gasteiger charge is -2.28. The fourth-order valence-corrected chi connectivity index (χ4v) is 3.26.